The number of benzene rings is 1. The number of rotatable bonds is 4. The lowest BCUT2D eigenvalue weighted by Crippen LogP contribution is -2.12. The molecule has 3 rings (SSSR count). The van der Waals surface area contributed by atoms with Gasteiger partial charge >= 0.3 is 5.97 Å². The number of aromatic nitrogens is 2. The molecule has 2 aromatic rings. The molecule has 4 heteroatoms. The van der Waals surface area contributed by atoms with E-state index >= 15 is 0 Å². The molecule has 1 aromatic carbocycles. The summed E-state index contributed by atoms with van der Waals surface area (Å²) < 4.78 is 2.25. The van der Waals surface area contributed by atoms with E-state index in [4.69, 9.17) is 4.98 Å². The Morgan fingerprint density at radius 3 is 2.71 bits per heavy atom. The Hall–Kier alpha value is -1.84. The second-order valence-electron chi connectivity index (χ2n) is 6.39. The van der Waals surface area contributed by atoms with E-state index in [-0.39, 0.29) is 0 Å². The third-order valence-corrected chi connectivity index (χ3v) is 4.46. The molecule has 0 unspecified atom stereocenters. The van der Waals surface area contributed by atoms with Gasteiger partial charge in [-0.05, 0) is 37.0 Å². The first-order valence-electron chi connectivity index (χ1n) is 7.79. The Bertz CT molecular complexity index is 667. The molecule has 1 heterocycles. The van der Waals surface area contributed by atoms with Crippen molar-refractivity contribution in [2.75, 3.05) is 0 Å². The summed E-state index contributed by atoms with van der Waals surface area (Å²) in [6, 6.07) is 5.24. The topological polar surface area (TPSA) is 55.1 Å². The Kier molecular flexibility index (Phi) is 3.70. The number of imidazole rings is 1. The Morgan fingerprint density at radius 2 is 2.10 bits per heavy atom. The molecule has 1 aliphatic rings. The van der Waals surface area contributed by atoms with Crippen LogP contribution in [0.2, 0.25) is 0 Å². The fourth-order valence-electron chi connectivity index (χ4n) is 3.36. The van der Waals surface area contributed by atoms with Crippen LogP contribution in [0.1, 0.15) is 61.6 Å². The summed E-state index contributed by atoms with van der Waals surface area (Å²) in [5.41, 5.74) is 2.21. The van der Waals surface area contributed by atoms with Crippen molar-refractivity contribution in [3.05, 3.63) is 29.6 Å². The summed E-state index contributed by atoms with van der Waals surface area (Å²) in [7, 11) is 0. The molecule has 0 atom stereocenters. The molecule has 0 aliphatic heterocycles. The summed E-state index contributed by atoms with van der Waals surface area (Å²) in [5.74, 6) is 1.23. The Morgan fingerprint density at radius 1 is 1.38 bits per heavy atom. The Labute approximate surface area is 124 Å². The van der Waals surface area contributed by atoms with Gasteiger partial charge in [0.05, 0.1) is 16.6 Å². The standard InChI is InChI=1S/C17H22N2O2/c1-11(2)16-18-14-8-7-13(17(20)21)9-15(14)19(16)10-12-5-3-4-6-12/h7-9,11-12H,3-6,10H2,1-2H3,(H,20,21). The summed E-state index contributed by atoms with van der Waals surface area (Å²) in [5, 5.41) is 9.21. The summed E-state index contributed by atoms with van der Waals surface area (Å²) in [6.45, 7) is 5.25. The van der Waals surface area contributed by atoms with Gasteiger partial charge in [-0.3, -0.25) is 0 Å². The van der Waals surface area contributed by atoms with Crippen LogP contribution in [0.25, 0.3) is 11.0 Å². The number of carboxylic acids is 1. The summed E-state index contributed by atoms with van der Waals surface area (Å²) in [6.07, 6.45) is 5.18. The van der Waals surface area contributed by atoms with Crippen LogP contribution < -0.4 is 0 Å². The highest BCUT2D eigenvalue weighted by Crippen LogP contribution is 2.30. The van der Waals surface area contributed by atoms with E-state index in [1.807, 2.05) is 6.07 Å². The monoisotopic (exact) mass is 286 g/mol. The molecule has 1 fully saturated rings. The van der Waals surface area contributed by atoms with E-state index in [2.05, 4.69) is 18.4 Å². The number of hydrogen-bond acceptors (Lipinski definition) is 2. The van der Waals surface area contributed by atoms with Crippen molar-refractivity contribution in [1.82, 2.24) is 9.55 Å². The first kappa shape index (κ1) is 14.1. The highest BCUT2D eigenvalue weighted by Gasteiger charge is 2.21. The minimum Gasteiger partial charge on any atom is -0.478 e. The maximum Gasteiger partial charge on any atom is 0.335 e. The molecule has 0 amide bonds. The first-order chi connectivity index (χ1) is 10.1. The number of hydrogen-bond donors (Lipinski definition) is 1. The van der Waals surface area contributed by atoms with E-state index in [0.29, 0.717) is 17.4 Å². The number of fused-ring (bicyclic) bond motifs is 1. The molecule has 0 bridgehead atoms. The Balaban J connectivity index is 2.09. The van der Waals surface area contributed by atoms with Crippen LogP contribution in [0.3, 0.4) is 0 Å². The van der Waals surface area contributed by atoms with Crippen LogP contribution in [0.4, 0.5) is 0 Å². The number of carbonyl (C=O) groups is 1. The number of carboxylic acid groups (broad SMARTS) is 1. The van der Waals surface area contributed by atoms with Gasteiger partial charge in [0, 0.05) is 12.5 Å². The predicted molar refractivity (Wildman–Crippen MR) is 82.7 cm³/mol. The average Bonchev–Trinajstić information content (AvgIpc) is 3.06. The molecule has 21 heavy (non-hydrogen) atoms. The first-order valence-corrected chi connectivity index (χ1v) is 7.79. The van der Waals surface area contributed by atoms with Gasteiger partial charge in [-0.2, -0.15) is 0 Å². The van der Waals surface area contributed by atoms with E-state index in [0.717, 1.165) is 23.4 Å². The normalized spacial score (nSPS) is 16.1. The molecule has 1 aromatic heterocycles. The molecular formula is C17H22N2O2. The van der Waals surface area contributed by atoms with Crippen molar-refractivity contribution in [2.45, 2.75) is 52.0 Å². The molecule has 0 saturated heterocycles. The maximum atomic E-state index is 11.2. The molecule has 4 nitrogen and oxygen atoms in total. The van der Waals surface area contributed by atoms with Gasteiger partial charge in [0.15, 0.2) is 0 Å². The van der Waals surface area contributed by atoms with Crippen molar-refractivity contribution in [3.63, 3.8) is 0 Å². The van der Waals surface area contributed by atoms with Crippen LogP contribution in [-0.2, 0) is 6.54 Å². The highest BCUT2D eigenvalue weighted by atomic mass is 16.4. The van der Waals surface area contributed by atoms with Gasteiger partial charge in [-0.1, -0.05) is 26.7 Å². The van der Waals surface area contributed by atoms with E-state index in [1.165, 1.54) is 25.7 Å². The lowest BCUT2D eigenvalue weighted by molar-refractivity contribution is 0.0697. The smallest absolute Gasteiger partial charge is 0.335 e. The zero-order valence-electron chi connectivity index (χ0n) is 12.7. The highest BCUT2D eigenvalue weighted by molar-refractivity contribution is 5.92. The molecular weight excluding hydrogens is 264 g/mol. The van der Waals surface area contributed by atoms with Gasteiger partial charge in [0.2, 0.25) is 0 Å². The fraction of sp³-hybridized carbons (Fsp3) is 0.529. The van der Waals surface area contributed by atoms with Crippen molar-refractivity contribution in [3.8, 4) is 0 Å². The van der Waals surface area contributed by atoms with Crippen LogP contribution >= 0.6 is 0 Å². The quantitative estimate of drug-likeness (QED) is 0.922. The zero-order chi connectivity index (χ0) is 15.0. The molecule has 1 N–H and O–H groups in total. The number of aromatic carboxylic acids is 1. The van der Waals surface area contributed by atoms with Crippen LogP contribution in [0.15, 0.2) is 18.2 Å². The molecule has 112 valence electrons. The molecule has 0 radical (unpaired) electrons. The zero-order valence-corrected chi connectivity index (χ0v) is 12.7. The third kappa shape index (κ3) is 2.67. The average molecular weight is 286 g/mol. The lowest BCUT2D eigenvalue weighted by atomic mass is 10.1. The minimum atomic E-state index is -0.878. The van der Waals surface area contributed by atoms with Gasteiger partial charge < -0.3 is 9.67 Å². The maximum absolute atomic E-state index is 11.2. The van der Waals surface area contributed by atoms with Gasteiger partial charge in [-0.25, -0.2) is 9.78 Å². The van der Waals surface area contributed by atoms with Crippen molar-refractivity contribution in [2.24, 2.45) is 5.92 Å². The predicted octanol–water partition coefficient (Wildman–Crippen LogP) is 4.05. The third-order valence-electron chi connectivity index (χ3n) is 4.46. The SMILES string of the molecule is CC(C)c1nc2ccc(C(=O)O)cc2n1CC1CCCC1. The lowest BCUT2D eigenvalue weighted by Gasteiger charge is -2.16. The van der Waals surface area contributed by atoms with E-state index < -0.39 is 5.97 Å². The molecule has 1 saturated carbocycles. The molecule has 1 aliphatic carbocycles. The van der Waals surface area contributed by atoms with Crippen LogP contribution in [-0.4, -0.2) is 20.6 Å². The summed E-state index contributed by atoms with van der Waals surface area (Å²) in [4.78, 5) is 15.9. The van der Waals surface area contributed by atoms with Crippen molar-refractivity contribution >= 4 is 17.0 Å². The van der Waals surface area contributed by atoms with Gasteiger partial charge in [0.25, 0.3) is 0 Å². The fourth-order valence-corrected chi connectivity index (χ4v) is 3.36. The van der Waals surface area contributed by atoms with E-state index in [1.54, 1.807) is 12.1 Å². The summed E-state index contributed by atoms with van der Waals surface area (Å²) >= 11 is 0. The van der Waals surface area contributed by atoms with Crippen molar-refractivity contribution < 1.29 is 9.90 Å². The second-order valence-corrected chi connectivity index (χ2v) is 6.39. The number of nitrogens with zero attached hydrogens (tertiary/aromatic N) is 2. The van der Waals surface area contributed by atoms with Crippen molar-refractivity contribution in [1.29, 1.82) is 0 Å². The van der Waals surface area contributed by atoms with E-state index in [9.17, 15) is 9.90 Å². The van der Waals surface area contributed by atoms with Crippen LogP contribution in [0.5, 0.6) is 0 Å². The van der Waals surface area contributed by atoms with Gasteiger partial charge in [-0.15, -0.1) is 0 Å². The molecule has 0 spiro atoms. The minimum absolute atomic E-state index is 0.338. The second kappa shape index (κ2) is 5.51. The largest absolute Gasteiger partial charge is 0.478 e. The van der Waals surface area contributed by atoms with Crippen LogP contribution in [0, 0.1) is 5.92 Å². The van der Waals surface area contributed by atoms with Gasteiger partial charge in [0.1, 0.15) is 5.82 Å².